The van der Waals surface area contributed by atoms with Crippen molar-refractivity contribution >= 4 is 5.91 Å². The Kier molecular flexibility index (Phi) is 6.75. The first-order valence-corrected chi connectivity index (χ1v) is 7.18. The van der Waals surface area contributed by atoms with E-state index in [1.54, 1.807) is 7.05 Å². The van der Waals surface area contributed by atoms with E-state index in [2.05, 4.69) is 10.6 Å². The second-order valence-electron chi connectivity index (χ2n) is 5.99. The molecular formula is C14H28N2O3. The number of amides is 1. The van der Waals surface area contributed by atoms with E-state index in [4.69, 9.17) is 4.74 Å². The van der Waals surface area contributed by atoms with Gasteiger partial charge in [-0.05, 0) is 26.7 Å². The van der Waals surface area contributed by atoms with Crippen molar-refractivity contribution in [2.45, 2.75) is 51.7 Å². The highest BCUT2D eigenvalue weighted by molar-refractivity contribution is 5.81. The summed E-state index contributed by atoms with van der Waals surface area (Å²) in [5.41, 5.74) is -0.471. The Morgan fingerprint density at radius 3 is 2.63 bits per heavy atom. The molecule has 1 rings (SSSR count). The fraction of sp³-hybridized carbons (Fsp3) is 0.929. The molecule has 0 radical (unpaired) electrons. The van der Waals surface area contributed by atoms with Crippen LogP contribution in [0.5, 0.6) is 0 Å². The topological polar surface area (TPSA) is 70.6 Å². The summed E-state index contributed by atoms with van der Waals surface area (Å²) in [7, 11) is 1.63. The normalized spacial score (nSPS) is 18.5. The standard InChI is InChI=1S/C14H28N2O3/c1-14(2,13(18)15-3)10-16-8-11(17)9-19-12-6-4-5-7-12/h11-12,16-17H,4-10H2,1-3H3,(H,15,18). The lowest BCUT2D eigenvalue weighted by molar-refractivity contribution is -0.128. The van der Waals surface area contributed by atoms with Crippen LogP contribution in [-0.2, 0) is 9.53 Å². The molecule has 0 aromatic carbocycles. The van der Waals surface area contributed by atoms with Gasteiger partial charge in [0.05, 0.1) is 24.2 Å². The molecule has 0 saturated heterocycles. The number of nitrogens with one attached hydrogen (secondary N) is 2. The summed E-state index contributed by atoms with van der Waals surface area (Å²) in [6.07, 6.45) is 4.52. The van der Waals surface area contributed by atoms with Gasteiger partial charge in [0.15, 0.2) is 0 Å². The zero-order valence-corrected chi connectivity index (χ0v) is 12.4. The molecule has 0 heterocycles. The number of carbonyl (C=O) groups excluding carboxylic acids is 1. The Bertz CT molecular complexity index is 276. The van der Waals surface area contributed by atoms with Gasteiger partial charge in [0.25, 0.3) is 0 Å². The van der Waals surface area contributed by atoms with Crippen LogP contribution in [0.1, 0.15) is 39.5 Å². The lowest BCUT2D eigenvalue weighted by Gasteiger charge is -2.24. The molecule has 0 bridgehead atoms. The minimum atomic E-state index is -0.513. The van der Waals surface area contributed by atoms with E-state index in [0.717, 1.165) is 12.8 Å². The Morgan fingerprint density at radius 1 is 1.42 bits per heavy atom. The maximum Gasteiger partial charge on any atom is 0.226 e. The average Bonchev–Trinajstić information content (AvgIpc) is 2.88. The van der Waals surface area contributed by atoms with Crippen molar-refractivity contribution in [3.05, 3.63) is 0 Å². The molecule has 19 heavy (non-hydrogen) atoms. The highest BCUT2D eigenvalue weighted by atomic mass is 16.5. The zero-order valence-electron chi connectivity index (χ0n) is 12.4. The molecule has 0 aromatic rings. The third-order valence-electron chi connectivity index (χ3n) is 3.62. The summed E-state index contributed by atoms with van der Waals surface area (Å²) >= 11 is 0. The molecule has 1 fully saturated rings. The first-order chi connectivity index (χ1) is 8.95. The van der Waals surface area contributed by atoms with Crippen LogP contribution >= 0.6 is 0 Å². The molecule has 1 amide bonds. The van der Waals surface area contributed by atoms with E-state index in [0.29, 0.717) is 25.8 Å². The van der Waals surface area contributed by atoms with Gasteiger partial charge in [-0.3, -0.25) is 4.79 Å². The number of rotatable bonds is 8. The average molecular weight is 272 g/mol. The van der Waals surface area contributed by atoms with Gasteiger partial charge in [0.1, 0.15) is 0 Å². The molecular weight excluding hydrogens is 244 g/mol. The van der Waals surface area contributed by atoms with Crippen LogP contribution in [0.2, 0.25) is 0 Å². The van der Waals surface area contributed by atoms with Crippen molar-refractivity contribution in [3.63, 3.8) is 0 Å². The van der Waals surface area contributed by atoms with Crippen LogP contribution in [0.4, 0.5) is 0 Å². The van der Waals surface area contributed by atoms with E-state index in [1.165, 1.54) is 12.8 Å². The van der Waals surface area contributed by atoms with Crippen molar-refractivity contribution in [1.82, 2.24) is 10.6 Å². The maximum atomic E-state index is 11.6. The van der Waals surface area contributed by atoms with Crippen molar-refractivity contribution in [2.24, 2.45) is 5.41 Å². The molecule has 1 aliphatic rings. The number of hydrogen-bond acceptors (Lipinski definition) is 4. The SMILES string of the molecule is CNC(=O)C(C)(C)CNCC(O)COC1CCCC1. The van der Waals surface area contributed by atoms with Crippen molar-refractivity contribution in [1.29, 1.82) is 0 Å². The largest absolute Gasteiger partial charge is 0.389 e. The number of aliphatic hydroxyl groups excluding tert-OH is 1. The Morgan fingerprint density at radius 2 is 2.05 bits per heavy atom. The van der Waals surface area contributed by atoms with Crippen molar-refractivity contribution < 1.29 is 14.6 Å². The van der Waals surface area contributed by atoms with Crippen LogP contribution in [0.3, 0.4) is 0 Å². The predicted molar refractivity (Wildman–Crippen MR) is 74.9 cm³/mol. The third kappa shape index (κ3) is 5.89. The third-order valence-corrected chi connectivity index (χ3v) is 3.62. The molecule has 1 aliphatic carbocycles. The van der Waals surface area contributed by atoms with Crippen LogP contribution < -0.4 is 10.6 Å². The lowest BCUT2D eigenvalue weighted by atomic mass is 9.92. The Labute approximate surface area is 116 Å². The molecule has 5 nitrogen and oxygen atoms in total. The molecule has 1 saturated carbocycles. The zero-order chi connectivity index (χ0) is 14.3. The number of carbonyl (C=O) groups is 1. The first kappa shape index (κ1) is 16.4. The minimum absolute atomic E-state index is 0.00306. The van der Waals surface area contributed by atoms with Crippen molar-refractivity contribution in [3.8, 4) is 0 Å². The Balaban J connectivity index is 2.12. The van der Waals surface area contributed by atoms with Gasteiger partial charge in [-0.15, -0.1) is 0 Å². The molecule has 112 valence electrons. The number of aliphatic hydroxyl groups is 1. The minimum Gasteiger partial charge on any atom is -0.389 e. The fourth-order valence-electron chi connectivity index (χ4n) is 2.33. The summed E-state index contributed by atoms with van der Waals surface area (Å²) in [6, 6.07) is 0. The summed E-state index contributed by atoms with van der Waals surface area (Å²) in [4.78, 5) is 11.6. The second kappa shape index (κ2) is 7.82. The number of ether oxygens (including phenoxy) is 1. The summed E-state index contributed by atoms with van der Waals surface area (Å²) in [6.45, 7) is 5.11. The van der Waals surface area contributed by atoms with Gasteiger partial charge in [-0.2, -0.15) is 0 Å². The molecule has 1 atom stereocenters. The molecule has 0 aliphatic heterocycles. The van der Waals surface area contributed by atoms with Crippen LogP contribution in [0, 0.1) is 5.41 Å². The summed E-state index contributed by atoms with van der Waals surface area (Å²) in [5, 5.41) is 15.6. The van der Waals surface area contributed by atoms with Gasteiger partial charge in [0, 0.05) is 20.1 Å². The first-order valence-electron chi connectivity index (χ1n) is 7.18. The summed E-state index contributed by atoms with van der Waals surface area (Å²) < 4.78 is 5.65. The van der Waals surface area contributed by atoms with Gasteiger partial charge in [-0.25, -0.2) is 0 Å². The van der Waals surface area contributed by atoms with Crippen LogP contribution in [0.15, 0.2) is 0 Å². The predicted octanol–water partition coefficient (Wildman–Crippen LogP) is 0.668. The van der Waals surface area contributed by atoms with Crippen LogP contribution in [-0.4, -0.2) is 50.0 Å². The summed E-state index contributed by atoms with van der Waals surface area (Å²) in [5.74, 6) is -0.00306. The van der Waals surface area contributed by atoms with Gasteiger partial charge in [0.2, 0.25) is 5.91 Å². The van der Waals surface area contributed by atoms with E-state index in [9.17, 15) is 9.90 Å². The lowest BCUT2D eigenvalue weighted by Crippen LogP contribution is -2.44. The number of hydrogen-bond donors (Lipinski definition) is 3. The highest BCUT2D eigenvalue weighted by Gasteiger charge is 2.26. The Hall–Kier alpha value is -0.650. The van der Waals surface area contributed by atoms with E-state index < -0.39 is 11.5 Å². The molecule has 3 N–H and O–H groups in total. The van der Waals surface area contributed by atoms with E-state index >= 15 is 0 Å². The quantitative estimate of drug-likeness (QED) is 0.607. The molecule has 5 heteroatoms. The van der Waals surface area contributed by atoms with E-state index in [1.807, 2.05) is 13.8 Å². The monoisotopic (exact) mass is 272 g/mol. The van der Waals surface area contributed by atoms with E-state index in [-0.39, 0.29) is 5.91 Å². The van der Waals surface area contributed by atoms with Crippen molar-refractivity contribution in [2.75, 3.05) is 26.7 Å². The molecule has 1 unspecified atom stereocenters. The second-order valence-corrected chi connectivity index (χ2v) is 5.99. The molecule has 0 spiro atoms. The molecule has 0 aromatic heterocycles. The highest BCUT2D eigenvalue weighted by Crippen LogP contribution is 2.20. The van der Waals surface area contributed by atoms with Crippen LogP contribution in [0.25, 0.3) is 0 Å². The smallest absolute Gasteiger partial charge is 0.226 e. The van der Waals surface area contributed by atoms with Gasteiger partial charge in [-0.1, -0.05) is 12.8 Å². The van der Waals surface area contributed by atoms with Gasteiger partial charge >= 0.3 is 0 Å². The fourth-order valence-corrected chi connectivity index (χ4v) is 2.33. The maximum absolute atomic E-state index is 11.6. The van der Waals surface area contributed by atoms with Gasteiger partial charge < -0.3 is 20.5 Å².